The molecule has 0 bridgehead atoms. The summed E-state index contributed by atoms with van der Waals surface area (Å²) in [6.45, 7) is 3.40. The fourth-order valence-corrected chi connectivity index (χ4v) is 1.96. The van der Waals surface area contributed by atoms with Gasteiger partial charge in [0.05, 0.1) is 18.8 Å². The maximum absolute atomic E-state index is 5.53. The van der Waals surface area contributed by atoms with Crippen LogP contribution in [0.5, 0.6) is 5.75 Å². The number of aromatic nitrogens is 1. The van der Waals surface area contributed by atoms with Crippen molar-refractivity contribution in [2.24, 2.45) is 0 Å². The molecule has 1 N–H and O–H groups in total. The first-order valence-electron chi connectivity index (χ1n) is 5.24. The molecular formula is C12H14N2OS. The Morgan fingerprint density at radius 1 is 1.38 bits per heavy atom. The lowest BCUT2D eigenvalue weighted by Gasteiger charge is -2.10. The Labute approximate surface area is 99.1 Å². The van der Waals surface area contributed by atoms with Crippen molar-refractivity contribution in [2.45, 2.75) is 13.5 Å². The number of rotatable bonds is 5. The van der Waals surface area contributed by atoms with Crippen LogP contribution in [0.15, 0.2) is 35.8 Å². The highest BCUT2D eigenvalue weighted by Gasteiger charge is 2.02. The number of anilines is 1. The molecule has 0 radical (unpaired) electrons. The normalized spacial score (nSPS) is 10.1. The van der Waals surface area contributed by atoms with Crippen LogP contribution >= 0.6 is 11.3 Å². The first kappa shape index (κ1) is 11.0. The van der Waals surface area contributed by atoms with E-state index in [1.807, 2.05) is 42.8 Å². The first-order chi connectivity index (χ1) is 7.90. The third-order valence-electron chi connectivity index (χ3n) is 2.10. The number of hydrogen-bond acceptors (Lipinski definition) is 4. The van der Waals surface area contributed by atoms with E-state index < -0.39 is 0 Å². The van der Waals surface area contributed by atoms with Crippen molar-refractivity contribution in [1.29, 1.82) is 0 Å². The molecule has 0 aliphatic heterocycles. The summed E-state index contributed by atoms with van der Waals surface area (Å²) in [4.78, 5) is 4.22. The van der Waals surface area contributed by atoms with E-state index in [2.05, 4.69) is 10.3 Å². The average molecular weight is 234 g/mol. The minimum Gasteiger partial charge on any atom is -0.492 e. The number of nitrogens with zero attached hydrogens (tertiary/aromatic N) is 1. The van der Waals surface area contributed by atoms with Gasteiger partial charge in [-0.25, -0.2) is 4.98 Å². The molecule has 0 atom stereocenters. The molecule has 2 aromatic rings. The van der Waals surface area contributed by atoms with Crippen LogP contribution in [0.2, 0.25) is 0 Å². The highest BCUT2D eigenvalue weighted by Crippen LogP contribution is 2.24. The van der Waals surface area contributed by atoms with Gasteiger partial charge < -0.3 is 10.1 Å². The predicted octanol–water partition coefficient (Wildman–Crippen LogP) is 3.15. The highest BCUT2D eigenvalue weighted by atomic mass is 32.1. The van der Waals surface area contributed by atoms with Crippen molar-refractivity contribution in [3.05, 3.63) is 40.8 Å². The minimum atomic E-state index is 0.677. The summed E-state index contributed by atoms with van der Waals surface area (Å²) < 4.78 is 5.53. The van der Waals surface area contributed by atoms with Crippen LogP contribution in [0.3, 0.4) is 0 Å². The van der Waals surface area contributed by atoms with Crippen molar-refractivity contribution in [3.63, 3.8) is 0 Å². The maximum Gasteiger partial charge on any atom is 0.142 e. The standard InChI is InChI=1S/C12H14N2OS/c1-2-15-11-6-4-3-5-10(11)14-9-12-13-7-8-16-12/h3-8,14H,2,9H2,1H3. The van der Waals surface area contributed by atoms with Gasteiger partial charge >= 0.3 is 0 Å². The van der Waals surface area contributed by atoms with Crippen LogP contribution in [-0.2, 0) is 6.54 Å². The lowest BCUT2D eigenvalue weighted by Crippen LogP contribution is -2.02. The Morgan fingerprint density at radius 3 is 3.00 bits per heavy atom. The summed E-state index contributed by atoms with van der Waals surface area (Å²) in [7, 11) is 0. The van der Waals surface area contributed by atoms with Crippen LogP contribution in [0.1, 0.15) is 11.9 Å². The third kappa shape index (κ3) is 2.73. The second kappa shape index (κ2) is 5.51. The van der Waals surface area contributed by atoms with E-state index in [0.717, 1.165) is 23.0 Å². The first-order valence-corrected chi connectivity index (χ1v) is 6.12. The van der Waals surface area contributed by atoms with Crippen molar-refractivity contribution in [1.82, 2.24) is 4.98 Å². The van der Waals surface area contributed by atoms with Crippen molar-refractivity contribution >= 4 is 17.0 Å². The van der Waals surface area contributed by atoms with E-state index in [1.54, 1.807) is 11.3 Å². The lowest BCUT2D eigenvalue weighted by atomic mass is 10.3. The second-order valence-corrected chi connectivity index (χ2v) is 4.19. The maximum atomic E-state index is 5.53. The smallest absolute Gasteiger partial charge is 0.142 e. The zero-order valence-corrected chi connectivity index (χ0v) is 9.96. The number of benzene rings is 1. The number of para-hydroxylation sites is 2. The quantitative estimate of drug-likeness (QED) is 0.863. The Hall–Kier alpha value is -1.55. The molecule has 0 spiro atoms. The van der Waals surface area contributed by atoms with E-state index in [9.17, 15) is 0 Å². The average Bonchev–Trinajstić information content (AvgIpc) is 2.81. The van der Waals surface area contributed by atoms with Crippen molar-refractivity contribution in [3.8, 4) is 5.75 Å². The molecule has 1 aromatic carbocycles. The predicted molar refractivity (Wildman–Crippen MR) is 67.1 cm³/mol. The topological polar surface area (TPSA) is 34.1 Å². The second-order valence-electron chi connectivity index (χ2n) is 3.21. The molecule has 0 amide bonds. The molecule has 0 aliphatic rings. The fourth-order valence-electron chi connectivity index (χ4n) is 1.41. The molecule has 16 heavy (non-hydrogen) atoms. The van der Waals surface area contributed by atoms with Gasteiger partial charge in [0.25, 0.3) is 0 Å². The van der Waals surface area contributed by atoms with Crippen LogP contribution in [0.4, 0.5) is 5.69 Å². The third-order valence-corrected chi connectivity index (χ3v) is 2.88. The van der Waals surface area contributed by atoms with E-state index in [4.69, 9.17) is 4.74 Å². The SMILES string of the molecule is CCOc1ccccc1NCc1nccs1. The molecule has 1 aromatic heterocycles. The van der Waals surface area contributed by atoms with Gasteiger partial charge in [0.1, 0.15) is 10.8 Å². The van der Waals surface area contributed by atoms with E-state index in [-0.39, 0.29) is 0 Å². The molecule has 3 nitrogen and oxygen atoms in total. The Bertz CT molecular complexity index is 428. The molecule has 1 heterocycles. The number of nitrogens with one attached hydrogen (secondary N) is 1. The highest BCUT2D eigenvalue weighted by molar-refractivity contribution is 7.09. The van der Waals surface area contributed by atoms with E-state index in [0.29, 0.717) is 6.61 Å². The van der Waals surface area contributed by atoms with Crippen LogP contribution in [0, 0.1) is 0 Å². The molecular weight excluding hydrogens is 220 g/mol. The van der Waals surface area contributed by atoms with Gasteiger partial charge in [-0.3, -0.25) is 0 Å². The van der Waals surface area contributed by atoms with E-state index >= 15 is 0 Å². The van der Waals surface area contributed by atoms with E-state index in [1.165, 1.54) is 0 Å². The molecule has 0 saturated carbocycles. The molecule has 0 aliphatic carbocycles. The Balaban J connectivity index is 2.03. The molecule has 0 saturated heterocycles. The van der Waals surface area contributed by atoms with Crippen LogP contribution in [0.25, 0.3) is 0 Å². The van der Waals surface area contributed by atoms with Gasteiger partial charge in [-0.1, -0.05) is 12.1 Å². The van der Waals surface area contributed by atoms with Crippen molar-refractivity contribution < 1.29 is 4.74 Å². The summed E-state index contributed by atoms with van der Waals surface area (Å²) >= 11 is 1.65. The summed E-state index contributed by atoms with van der Waals surface area (Å²) in [5.41, 5.74) is 1.01. The largest absolute Gasteiger partial charge is 0.492 e. The van der Waals surface area contributed by atoms with Gasteiger partial charge in [-0.2, -0.15) is 0 Å². The summed E-state index contributed by atoms with van der Waals surface area (Å²) in [5, 5.41) is 6.38. The van der Waals surface area contributed by atoms with Gasteiger partial charge in [-0.05, 0) is 19.1 Å². The molecule has 4 heteroatoms. The zero-order chi connectivity index (χ0) is 11.2. The van der Waals surface area contributed by atoms with Crippen molar-refractivity contribution in [2.75, 3.05) is 11.9 Å². The van der Waals surface area contributed by atoms with Gasteiger partial charge in [0.2, 0.25) is 0 Å². The lowest BCUT2D eigenvalue weighted by molar-refractivity contribution is 0.341. The monoisotopic (exact) mass is 234 g/mol. The van der Waals surface area contributed by atoms with Gasteiger partial charge in [0.15, 0.2) is 0 Å². The van der Waals surface area contributed by atoms with Crippen LogP contribution < -0.4 is 10.1 Å². The Kier molecular flexibility index (Phi) is 3.77. The molecule has 0 fully saturated rings. The summed E-state index contributed by atoms with van der Waals surface area (Å²) in [5.74, 6) is 0.890. The number of ether oxygens (including phenoxy) is 1. The summed E-state index contributed by atoms with van der Waals surface area (Å²) in [6, 6.07) is 7.94. The number of hydrogen-bond donors (Lipinski definition) is 1. The number of thiazole rings is 1. The fraction of sp³-hybridized carbons (Fsp3) is 0.250. The molecule has 84 valence electrons. The van der Waals surface area contributed by atoms with Gasteiger partial charge in [-0.15, -0.1) is 11.3 Å². The molecule has 2 rings (SSSR count). The minimum absolute atomic E-state index is 0.677. The van der Waals surface area contributed by atoms with Crippen LogP contribution in [-0.4, -0.2) is 11.6 Å². The zero-order valence-electron chi connectivity index (χ0n) is 9.14. The Morgan fingerprint density at radius 2 is 2.25 bits per heavy atom. The molecule has 0 unspecified atom stereocenters. The van der Waals surface area contributed by atoms with Gasteiger partial charge in [0, 0.05) is 11.6 Å². The summed E-state index contributed by atoms with van der Waals surface area (Å²) in [6.07, 6.45) is 1.82.